The second-order valence-corrected chi connectivity index (χ2v) is 8.04. The lowest BCUT2D eigenvalue weighted by Crippen LogP contribution is -2.21. The average Bonchev–Trinajstić information content (AvgIpc) is 3.30. The minimum absolute atomic E-state index is 0.130. The van der Waals surface area contributed by atoms with Crippen LogP contribution in [0.3, 0.4) is 0 Å². The number of hydrogen-bond donors (Lipinski definition) is 2. The quantitative estimate of drug-likeness (QED) is 0.356. The number of fused-ring (bicyclic) bond motifs is 1. The molecule has 2 N–H and O–H groups in total. The van der Waals surface area contributed by atoms with Gasteiger partial charge in [0, 0.05) is 16.3 Å². The minimum atomic E-state index is -0.389. The number of carbonyl (C=O) groups is 2. The van der Waals surface area contributed by atoms with Crippen molar-refractivity contribution in [3.05, 3.63) is 81.8 Å². The molecule has 0 unspecified atom stereocenters. The van der Waals surface area contributed by atoms with Crippen LogP contribution in [0.5, 0.6) is 17.2 Å². The number of rotatable bonds is 7. The van der Waals surface area contributed by atoms with Crippen LogP contribution in [-0.4, -0.2) is 30.9 Å². The summed E-state index contributed by atoms with van der Waals surface area (Å²) in [5, 5.41) is 7.70. The van der Waals surface area contributed by atoms with Gasteiger partial charge in [0.15, 0.2) is 18.1 Å². The zero-order chi connectivity index (χ0) is 24.1. The molecule has 4 rings (SSSR count). The van der Waals surface area contributed by atoms with Crippen molar-refractivity contribution in [1.82, 2.24) is 5.43 Å². The highest BCUT2D eigenvalue weighted by Gasteiger charge is 2.16. The van der Waals surface area contributed by atoms with Crippen LogP contribution in [0.25, 0.3) is 0 Å². The molecule has 10 heteroatoms. The highest BCUT2D eigenvalue weighted by atomic mass is 35.5. The van der Waals surface area contributed by atoms with Crippen molar-refractivity contribution >= 4 is 46.4 Å². The number of hydrogen-bond acceptors (Lipinski definition) is 6. The van der Waals surface area contributed by atoms with Gasteiger partial charge in [-0.1, -0.05) is 35.3 Å². The molecule has 0 saturated heterocycles. The van der Waals surface area contributed by atoms with E-state index in [4.69, 9.17) is 37.4 Å². The lowest BCUT2D eigenvalue weighted by Gasteiger charge is -2.10. The zero-order valence-electron chi connectivity index (χ0n) is 17.9. The first-order valence-electron chi connectivity index (χ1n) is 10.1. The van der Waals surface area contributed by atoms with Gasteiger partial charge in [0.25, 0.3) is 11.8 Å². The Labute approximate surface area is 205 Å². The maximum atomic E-state index is 12.4. The van der Waals surface area contributed by atoms with Gasteiger partial charge in [-0.05, 0) is 61.0 Å². The predicted molar refractivity (Wildman–Crippen MR) is 129 cm³/mol. The molecule has 0 aliphatic carbocycles. The van der Waals surface area contributed by atoms with E-state index in [0.29, 0.717) is 49.8 Å². The molecule has 0 radical (unpaired) electrons. The van der Waals surface area contributed by atoms with Crippen molar-refractivity contribution in [1.29, 1.82) is 0 Å². The maximum Gasteiger partial charge on any atom is 0.271 e. The lowest BCUT2D eigenvalue weighted by atomic mass is 10.1. The van der Waals surface area contributed by atoms with Gasteiger partial charge < -0.3 is 19.5 Å². The molecule has 0 saturated carbocycles. The summed E-state index contributed by atoms with van der Waals surface area (Å²) in [6.07, 6.45) is 0. The average molecular weight is 500 g/mol. The summed E-state index contributed by atoms with van der Waals surface area (Å²) in [5.41, 5.74) is 4.72. The summed E-state index contributed by atoms with van der Waals surface area (Å²) < 4.78 is 16.0. The maximum absolute atomic E-state index is 12.4. The molecular formula is C24H19Cl2N3O5. The second kappa shape index (κ2) is 10.5. The van der Waals surface area contributed by atoms with Crippen molar-refractivity contribution in [2.45, 2.75) is 6.92 Å². The van der Waals surface area contributed by atoms with E-state index in [-0.39, 0.29) is 25.2 Å². The first-order chi connectivity index (χ1) is 16.4. The molecule has 0 fully saturated rings. The van der Waals surface area contributed by atoms with Gasteiger partial charge in [-0.3, -0.25) is 9.59 Å². The largest absolute Gasteiger partial charge is 0.482 e. The van der Waals surface area contributed by atoms with Crippen molar-refractivity contribution < 1.29 is 23.8 Å². The van der Waals surface area contributed by atoms with Crippen molar-refractivity contribution in [3.63, 3.8) is 0 Å². The second-order valence-electron chi connectivity index (χ2n) is 7.20. The number of carbonyl (C=O) groups excluding carboxylic acids is 2. The number of anilines is 1. The fraction of sp³-hybridized carbons (Fsp3) is 0.125. The summed E-state index contributed by atoms with van der Waals surface area (Å²) >= 11 is 11.9. The minimum Gasteiger partial charge on any atom is -0.482 e. The van der Waals surface area contributed by atoms with Crippen molar-refractivity contribution in [2.75, 3.05) is 18.7 Å². The standard InChI is InChI=1S/C24H19Cl2N3O5/c1-14(28-29-24(31)16-5-7-21-22(10-16)34-13-33-21)15-3-2-4-18(9-15)27-23(30)12-32-20-8-6-17(25)11-19(20)26/h2-11H,12-13H2,1H3,(H,27,30)(H,29,31). The molecule has 8 nitrogen and oxygen atoms in total. The van der Waals surface area contributed by atoms with Crippen LogP contribution < -0.4 is 25.0 Å². The van der Waals surface area contributed by atoms with Gasteiger partial charge >= 0.3 is 0 Å². The molecule has 34 heavy (non-hydrogen) atoms. The van der Waals surface area contributed by atoms with Crippen LogP contribution in [0.4, 0.5) is 5.69 Å². The monoisotopic (exact) mass is 499 g/mol. The fourth-order valence-corrected chi connectivity index (χ4v) is 3.52. The number of hydrazone groups is 1. The number of benzene rings is 3. The topological polar surface area (TPSA) is 98.3 Å². The van der Waals surface area contributed by atoms with E-state index in [1.165, 1.54) is 6.07 Å². The number of ether oxygens (including phenoxy) is 3. The number of nitrogens with one attached hydrogen (secondary N) is 2. The van der Waals surface area contributed by atoms with E-state index in [2.05, 4.69) is 15.8 Å². The SMILES string of the molecule is CC(=NNC(=O)c1ccc2c(c1)OCO2)c1cccc(NC(=O)COc2ccc(Cl)cc2Cl)c1. The van der Waals surface area contributed by atoms with E-state index >= 15 is 0 Å². The van der Waals surface area contributed by atoms with Crippen LogP contribution in [0.2, 0.25) is 10.0 Å². The molecule has 1 aliphatic rings. The van der Waals surface area contributed by atoms with E-state index in [1.54, 1.807) is 55.5 Å². The van der Waals surface area contributed by atoms with Crippen LogP contribution in [0.15, 0.2) is 65.8 Å². The van der Waals surface area contributed by atoms with Crippen LogP contribution >= 0.6 is 23.2 Å². The number of amides is 2. The Bertz CT molecular complexity index is 1280. The van der Waals surface area contributed by atoms with E-state index in [1.807, 2.05) is 6.07 Å². The molecule has 0 aromatic heterocycles. The van der Waals surface area contributed by atoms with Gasteiger partial charge in [-0.2, -0.15) is 5.10 Å². The summed E-state index contributed by atoms with van der Waals surface area (Å²) in [7, 11) is 0. The molecule has 2 amide bonds. The van der Waals surface area contributed by atoms with E-state index in [9.17, 15) is 9.59 Å². The molecule has 0 bridgehead atoms. The molecule has 3 aromatic carbocycles. The summed E-state index contributed by atoms with van der Waals surface area (Å²) in [4.78, 5) is 24.7. The third kappa shape index (κ3) is 5.78. The first-order valence-corrected chi connectivity index (χ1v) is 10.9. The third-order valence-electron chi connectivity index (χ3n) is 4.78. The fourth-order valence-electron chi connectivity index (χ4n) is 3.06. The van der Waals surface area contributed by atoms with Gasteiger partial charge in [0.2, 0.25) is 6.79 Å². The smallest absolute Gasteiger partial charge is 0.271 e. The summed E-state index contributed by atoms with van der Waals surface area (Å²) in [6.45, 7) is 1.64. The molecular weight excluding hydrogens is 481 g/mol. The summed E-state index contributed by atoms with van der Waals surface area (Å²) in [5.74, 6) is 0.709. The molecule has 0 atom stereocenters. The van der Waals surface area contributed by atoms with Crippen molar-refractivity contribution in [3.8, 4) is 17.2 Å². The van der Waals surface area contributed by atoms with Crippen LogP contribution in [0.1, 0.15) is 22.8 Å². The number of halogens is 2. The zero-order valence-corrected chi connectivity index (χ0v) is 19.4. The predicted octanol–water partition coefficient (Wildman–Crippen LogP) is 4.89. The van der Waals surface area contributed by atoms with Gasteiger partial charge in [-0.25, -0.2) is 5.43 Å². The van der Waals surface area contributed by atoms with Crippen LogP contribution in [0, 0.1) is 0 Å². The lowest BCUT2D eigenvalue weighted by molar-refractivity contribution is -0.118. The van der Waals surface area contributed by atoms with Crippen molar-refractivity contribution in [2.24, 2.45) is 5.10 Å². The van der Waals surface area contributed by atoms with E-state index in [0.717, 1.165) is 0 Å². The Balaban J connectivity index is 1.34. The molecule has 174 valence electrons. The highest BCUT2D eigenvalue weighted by Crippen LogP contribution is 2.32. The Hall–Kier alpha value is -3.75. The Morgan fingerprint density at radius 1 is 1.00 bits per heavy atom. The van der Waals surface area contributed by atoms with E-state index < -0.39 is 0 Å². The molecule has 3 aromatic rings. The number of nitrogens with zero attached hydrogens (tertiary/aromatic N) is 1. The normalized spacial score (nSPS) is 12.3. The molecule has 0 spiro atoms. The Morgan fingerprint density at radius 2 is 1.82 bits per heavy atom. The molecule has 1 heterocycles. The Kier molecular flexibility index (Phi) is 7.20. The van der Waals surface area contributed by atoms with Gasteiger partial charge in [0.1, 0.15) is 5.75 Å². The molecule has 1 aliphatic heterocycles. The summed E-state index contributed by atoms with van der Waals surface area (Å²) in [6, 6.07) is 16.7. The first kappa shape index (κ1) is 23.4. The van der Waals surface area contributed by atoms with Gasteiger partial charge in [-0.15, -0.1) is 0 Å². The van der Waals surface area contributed by atoms with Gasteiger partial charge in [0.05, 0.1) is 10.7 Å². The van der Waals surface area contributed by atoms with Crippen LogP contribution in [-0.2, 0) is 4.79 Å². The highest BCUT2D eigenvalue weighted by molar-refractivity contribution is 6.35. The Morgan fingerprint density at radius 3 is 2.65 bits per heavy atom. The third-order valence-corrected chi connectivity index (χ3v) is 5.31.